The van der Waals surface area contributed by atoms with Crippen molar-refractivity contribution >= 4 is 0 Å². The molecular weight excluding hydrogens is 331 g/mol. The van der Waals surface area contributed by atoms with Crippen LogP contribution in [0.4, 0.5) is 0 Å². The molecule has 0 spiro atoms. The molecule has 2 aromatic carbocycles. The van der Waals surface area contributed by atoms with Gasteiger partial charge in [0.05, 0.1) is 0 Å². The van der Waals surface area contributed by atoms with Gasteiger partial charge in [-0.05, 0) is 54.7 Å². The number of aryl methyl sites for hydroxylation is 1. The molecule has 0 aliphatic rings. The largest absolute Gasteiger partial charge is 0.357 e. The standard InChI is InChI=1S/C17H20I/c1-13(2)11-15-7-9-16(10-8-15)18-17-6-4-5-14(3)12-17/h4-10,12-13H,11H2,1-3H3/q+1. The van der Waals surface area contributed by atoms with Crippen molar-refractivity contribution in [1.82, 2.24) is 0 Å². The van der Waals surface area contributed by atoms with E-state index in [1.807, 2.05) is 0 Å². The summed E-state index contributed by atoms with van der Waals surface area (Å²) < 4.78 is 3.01. The molecule has 0 fully saturated rings. The fourth-order valence-corrected chi connectivity index (χ4v) is 4.42. The first-order valence-electron chi connectivity index (χ1n) is 6.44. The van der Waals surface area contributed by atoms with Gasteiger partial charge in [-0.15, -0.1) is 0 Å². The van der Waals surface area contributed by atoms with E-state index in [2.05, 4.69) is 69.3 Å². The Hall–Kier alpha value is -0.830. The lowest BCUT2D eigenvalue weighted by Gasteiger charge is -2.03. The van der Waals surface area contributed by atoms with Crippen LogP contribution in [-0.2, 0) is 6.42 Å². The van der Waals surface area contributed by atoms with Crippen LogP contribution in [0.2, 0.25) is 0 Å². The molecule has 0 heterocycles. The summed E-state index contributed by atoms with van der Waals surface area (Å²) in [5.41, 5.74) is 2.82. The third kappa shape index (κ3) is 4.13. The molecule has 2 rings (SSSR count). The Labute approximate surface area is 121 Å². The van der Waals surface area contributed by atoms with E-state index in [1.54, 1.807) is 0 Å². The molecule has 0 N–H and O–H groups in total. The van der Waals surface area contributed by atoms with E-state index < -0.39 is 0 Å². The smallest absolute Gasteiger partial charge is 0.0625 e. The molecule has 0 aliphatic heterocycles. The molecule has 2 aromatic rings. The molecule has 0 amide bonds. The zero-order valence-electron chi connectivity index (χ0n) is 11.3. The van der Waals surface area contributed by atoms with Crippen LogP contribution in [0, 0.1) is 20.0 Å². The highest BCUT2D eigenvalue weighted by Gasteiger charge is 2.15. The van der Waals surface area contributed by atoms with Crippen LogP contribution in [0.5, 0.6) is 0 Å². The maximum absolute atomic E-state index is 2.31. The first-order chi connectivity index (χ1) is 8.63. The van der Waals surface area contributed by atoms with Gasteiger partial charge in [0.25, 0.3) is 0 Å². The lowest BCUT2D eigenvalue weighted by atomic mass is 10.0. The van der Waals surface area contributed by atoms with Gasteiger partial charge in [0.2, 0.25) is 0 Å². The van der Waals surface area contributed by atoms with Gasteiger partial charge in [0, 0.05) is 0 Å². The minimum atomic E-state index is -0.0219. The van der Waals surface area contributed by atoms with Gasteiger partial charge in [-0.1, -0.05) is 38.1 Å². The van der Waals surface area contributed by atoms with E-state index in [0.717, 1.165) is 5.92 Å². The van der Waals surface area contributed by atoms with Crippen molar-refractivity contribution in [2.45, 2.75) is 27.2 Å². The SMILES string of the molecule is Cc1cccc([I+]c2ccc(CC(C)C)cc2)c1. The topological polar surface area (TPSA) is 0 Å². The van der Waals surface area contributed by atoms with Gasteiger partial charge in [0.15, 0.2) is 7.14 Å². The Bertz CT molecular complexity index is 497. The van der Waals surface area contributed by atoms with E-state index in [9.17, 15) is 0 Å². The van der Waals surface area contributed by atoms with Crippen LogP contribution in [0.1, 0.15) is 25.0 Å². The number of halogens is 1. The fraction of sp³-hybridized carbons (Fsp3) is 0.294. The van der Waals surface area contributed by atoms with Crippen LogP contribution < -0.4 is 21.2 Å². The van der Waals surface area contributed by atoms with Crippen LogP contribution in [0.3, 0.4) is 0 Å². The molecule has 1 heteroatoms. The highest BCUT2D eigenvalue weighted by molar-refractivity contribution is 5.15. The molecule has 0 aromatic heterocycles. The minimum absolute atomic E-state index is 0.0219. The Morgan fingerprint density at radius 3 is 2.28 bits per heavy atom. The van der Waals surface area contributed by atoms with Gasteiger partial charge in [-0.2, -0.15) is 0 Å². The second-order valence-electron chi connectivity index (χ2n) is 5.12. The van der Waals surface area contributed by atoms with E-state index in [1.165, 1.54) is 24.7 Å². The average Bonchev–Trinajstić information content (AvgIpc) is 2.31. The second kappa shape index (κ2) is 6.37. The predicted octanol–water partition coefficient (Wildman–Crippen LogP) is 1.32. The van der Waals surface area contributed by atoms with Crippen LogP contribution in [0.15, 0.2) is 48.5 Å². The Morgan fingerprint density at radius 2 is 1.67 bits per heavy atom. The summed E-state index contributed by atoms with van der Waals surface area (Å²) in [6.07, 6.45) is 1.18. The first-order valence-corrected chi connectivity index (χ1v) is 8.59. The lowest BCUT2D eigenvalue weighted by molar-refractivity contribution is -0.597. The van der Waals surface area contributed by atoms with E-state index >= 15 is 0 Å². The quantitative estimate of drug-likeness (QED) is 0.729. The third-order valence-corrected chi connectivity index (χ3v) is 5.39. The molecule has 0 atom stereocenters. The highest BCUT2D eigenvalue weighted by Crippen LogP contribution is 2.06. The van der Waals surface area contributed by atoms with Gasteiger partial charge in [-0.3, -0.25) is 0 Å². The van der Waals surface area contributed by atoms with Crippen molar-refractivity contribution in [3.8, 4) is 0 Å². The zero-order chi connectivity index (χ0) is 13.0. The summed E-state index contributed by atoms with van der Waals surface area (Å²) in [7, 11) is 0. The summed E-state index contributed by atoms with van der Waals surface area (Å²) >= 11 is -0.0219. The normalized spacial score (nSPS) is 10.9. The van der Waals surface area contributed by atoms with Crippen molar-refractivity contribution in [3.63, 3.8) is 0 Å². The average molecular weight is 351 g/mol. The molecule has 0 aliphatic carbocycles. The first kappa shape index (κ1) is 13.6. The Balaban J connectivity index is 2.06. The molecule has 0 radical (unpaired) electrons. The number of benzene rings is 2. The molecule has 0 saturated heterocycles. The number of rotatable bonds is 4. The zero-order valence-corrected chi connectivity index (χ0v) is 13.4. The maximum atomic E-state index is 2.31. The molecule has 94 valence electrons. The fourth-order valence-electron chi connectivity index (χ4n) is 1.95. The lowest BCUT2D eigenvalue weighted by Crippen LogP contribution is -3.61. The summed E-state index contributed by atoms with van der Waals surface area (Å²) in [4.78, 5) is 0. The van der Waals surface area contributed by atoms with E-state index in [4.69, 9.17) is 0 Å². The molecule has 0 bridgehead atoms. The van der Waals surface area contributed by atoms with Crippen molar-refractivity contribution in [2.24, 2.45) is 5.92 Å². The summed E-state index contributed by atoms with van der Waals surface area (Å²) in [6, 6.07) is 18.1. The van der Waals surface area contributed by atoms with E-state index in [0.29, 0.717) is 0 Å². The van der Waals surface area contributed by atoms with Crippen LogP contribution in [0.25, 0.3) is 0 Å². The summed E-state index contributed by atoms with van der Waals surface area (Å²) in [5.74, 6) is 0.738. The summed E-state index contributed by atoms with van der Waals surface area (Å²) in [5, 5.41) is 0. The predicted molar refractivity (Wildman–Crippen MR) is 73.6 cm³/mol. The number of hydrogen-bond donors (Lipinski definition) is 0. The molecule has 0 nitrogen and oxygen atoms in total. The molecule has 0 unspecified atom stereocenters. The maximum Gasteiger partial charge on any atom is 0.357 e. The Morgan fingerprint density at radius 1 is 0.944 bits per heavy atom. The Kier molecular flexibility index (Phi) is 4.81. The van der Waals surface area contributed by atoms with Gasteiger partial charge in [-0.25, -0.2) is 0 Å². The van der Waals surface area contributed by atoms with Crippen molar-refractivity contribution in [3.05, 3.63) is 66.8 Å². The minimum Gasteiger partial charge on any atom is -0.0625 e. The van der Waals surface area contributed by atoms with Crippen molar-refractivity contribution in [2.75, 3.05) is 0 Å². The van der Waals surface area contributed by atoms with Crippen LogP contribution >= 0.6 is 0 Å². The molecular formula is C17H20I+. The second-order valence-corrected chi connectivity index (χ2v) is 8.15. The van der Waals surface area contributed by atoms with Gasteiger partial charge in [0.1, 0.15) is 0 Å². The van der Waals surface area contributed by atoms with Crippen molar-refractivity contribution in [1.29, 1.82) is 0 Å². The van der Waals surface area contributed by atoms with Gasteiger partial charge >= 0.3 is 21.2 Å². The molecule has 0 saturated carbocycles. The van der Waals surface area contributed by atoms with Gasteiger partial charge < -0.3 is 0 Å². The molecule has 18 heavy (non-hydrogen) atoms. The monoisotopic (exact) mass is 351 g/mol. The van der Waals surface area contributed by atoms with E-state index in [-0.39, 0.29) is 21.2 Å². The third-order valence-electron chi connectivity index (χ3n) is 2.76. The van der Waals surface area contributed by atoms with Crippen LogP contribution in [-0.4, -0.2) is 0 Å². The highest BCUT2D eigenvalue weighted by atomic mass is 127. The number of hydrogen-bond acceptors (Lipinski definition) is 0. The van der Waals surface area contributed by atoms with Crippen molar-refractivity contribution < 1.29 is 21.2 Å². The summed E-state index contributed by atoms with van der Waals surface area (Å²) in [6.45, 7) is 6.71.